The minimum Gasteiger partial charge on any atom is -0.284 e. The van der Waals surface area contributed by atoms with E-state index in [4.69, 9.17) is 0 Å². The second-order valence-corrected chi connectivity index (χ2v) is 5.68. The van der Waals surface area contributed by atoms with E-state index < -0.39 is 0 Å². The molecule has 2 aromatic carbocycles. The maximum absolute atomic E-state index is 4.65. The van der Waals surface area contributed by atoms with E-state index >= 15 is 0 Å². The lowest BCUT2D eigenvalue weighted by Gasteiger charge is -2.01. The molecule has 1 aliphatic carbocycles. The van der Waals surface area contributed by atoms with Crippen LogP contribution in [0.4, 0.5) is 0 Å². The maximum Gasteiger partial charge on any atom is 0.172 e. The molecular weight excluding hydrogens is 284 g/mol. The molecule has 4 heteroatoms. The molecule has 4 nitrogen and oxygen atoms in total. The molecule has 0 amide bonds. The molecule has 0 unspecified atom stereocenters. The fourth-order valence-electron chi connectivity index (χ4n) is 2.89. The third kappa shape index (κ3) is 2.63. The number of nitrogens with zero attached hydrogens (tertiary/aromatic N) is 4. The van der Waals surface area contributed by atoms with Crippen LogP contribution in [-0.4, -0.2) is 21.4 Å². The van der Waals surface area contributed by atoms with Crippen LogP contribution in [0.2, 0.25) is 0 Å². The lowest BCUT2D eigenvalue weighted by atomic mass is 10.0. The van der Waals surface area contributed by atoms with Crippen LogP contribution in [0.15, 0.2) is 53.5 Å². The van der Waals surface area contributed by atoms with Gasteiger partial charge in [-0.25, -0.2) is 4.98 Å². The van der Waals surface area contributed by atoms with E-state index in [-0.39, 0.29) is 0 Å². The van der Waals surface area contributed by atoms with Gasteiger partial charge in [0.05, 0.1) is 5.69 Å². The molecule has 0 atom stereocenters. The van der Waals surface area contributed by atoms with Crippen LogP contribution in [0.5, 0.6) is 0 Å². The summed E-state index contributed by atoms with van der Waals surface area (Å²) in [6, 6.07) is 16.3. The number of aromatic nitrogens is 3. The van der Waals surface area contributed by atoms with Crippen molar-refractivity contribution in [1.29, 1.82) is 0 Å². The summed E-state index contributed by atoms with van der Waals surface area (Å²) in [5.41, 5.74) is 6.76. The molecule has 112 valence electrons. The van der Waals surface area contributed by atoms with Crippen molar-refractivity contribution in [1.82, 2.24) is 15.2 Å². The van der Waals surface area contributed by atoms with Gasteiger partial charge in [0, 0.05) is 18.2 Å². The van der Waals surface area contributed by atoms with Crippen LogP contribution >= 0.6 is 0 Å². The predicted octanol–water partition coefficient (Wildman–Crippen LogP) is 3.37. The Kier molecular flexibility index (Phi) is 3.42. The number of hydrogen-bond donors (Lipinski definition) is 0. The van der Waals surface area contributed by atoms with Gasteiger partial charge < -0.3 is 0 Å². The van der Waals surface area contributed by atoms with E-state index in [1.165, 1.54) is 16.7 Å². The zero-order chi connectivity index (χ0) is 15.6. The number of rotatable bonds is 3. The molecule has 0 spiro atoms. The fraction of sp³-hybridized carbons (Fsp3) is 0.158. The highest BCUT2D eigenvalue weighted by Crippen LogP contribution is 2.35. The first-order chi connectivity index (χ1) is 11.3. The first-order valence-electron chi connectivity index (χ1n) is 7.67. The normalized spacial score (nSPS) is 12.4. The minimum absolute atomic E-state index is 0.449. The van der Waals surface area contributed by atoms with Crippen molar-refractivity contribution in [2.75, 3.05) is 0 Å². The van der Waals surface area contributed by atoms with Crippen LogP contribution in [-0.2, 0) is 13.0 Å². The maximum atomic E-state index is 4.65. The smallest absolute Gasteiger partial charge is 0.172 e. The van der Waals surface area contributed by atoms with Gasteiger partial charge in [-0.05, 0) is 23.6 Å². The Morgan fingerprint density at radius 1 is 1.04 bits per heavy atom. The van der Waals surface area contributed by atoms with Crippen LogP contribution in [0.1, 0.15) is 28.2 Å². The Morgan fingerprint density at radius 2 is 1.91 bits per heavy atom. The quantitative estimate of drug-likeness (QED) is 0.545. The molecule has 0 radical (unpaired) electrons. The molecule has 3 aromatic rings. The summed E-state index contributed by atoms with van der Waals surface area (Å²) in [6.07, 6.45) is 2.68. The summed E-state index contributed by atoms with van der Waals surface area (Å²) in [5, 5.41) is 8.62. The van der Waals surface area contributed by atoms with Crippen molar-refractivity contribution in [2.24, 2.45) is 4.99 Å². The van der Waals surface area contributed by atoms with Crippen molar-refractivity contribution in [2.45, 2.75) is 19.9 Å². The third-order valence-corrected chi connectivity index (χ3v) is 4.09. The van der Waals surface area contributed by atoms with Gasteiger partial charge in [0.25, 0.3) is 0 Å². The van der Waals surface area contributed by atoms with E-state index in [1.54, 1.807) is 0 Å². The van der Waals surface area contributed by atoms with Gasteiger partial charge in [0.2, 0.25) is 0 Å². The molecule has 0 saturated carbocycles. The van der Waals surface area contributed by atoms with Crippen molar-refractivity contribution in [3.63, 3.8) is 0 Å². The van der Waals surface area contributed by atoms with E-state index in [0.29, 0.717) is 12.4 Å². The van der Waals surface area contributed by atoms with Gasteiger partial charge >= 0.3 is 0 Å². The topological polar surface area (TPSA) is 51.0 Å². The number of aliphatic imine (C=N–C) groups is 1. The molecule has 0 fully saturated rings. The van der Waals surface area contributed by atoms with Crippen molar-refractivity contribution in [3.05, 3.63) is 76.7 Å². The molecule has 0 aliphatic heterocycles. The van der Waals surface area contributed by atoms with Crippen LogP contribution < -0.4 is 0 Å². The van der Waals surface area contributed by atoms with Gasteiger partial charge in [-0.1, -0.05) is 48.5 Å². The van der Waals surface area contributed by atoms with Crippen LogP contribution in [0.3, 0.4) is 0 Å². The summed E-state index contributed by atoms with van der Waals surface area (Å²) in [7, 11) is 0. The highest BCUT2D eigenvalue weighted by Gasteiger charge is 2.23. The lowest BCUT2D eigenvalue weighted by Crippen LogP contribution is -2.01. The molecule has 0 N–H and O–H groups in total. The molecular formula is C19H16N4. The average Bonchev–Trinajstić information content (AvgIpc) is 2.95. The van der Waals surface area contributed by atoms with Gasteiger partial charge in [-0.2, -0.15) is 0 Å². The first kappa shape index (κ1) is 13.8. The minimum atomic E-state index is 0.449. The van der Waals surface area contributed by atoms with Gasteiger partial charge in [-0.3, -0.25) is 4.99 Å². The second-order valence-electron chi connectivity index (χ2n) is 5.68. The van der Waals surface area contributed by atoms with E-state index in [0.717, 1.165) is 23.4 Å². The third-order valence-electron chi connectivity index (χ3n) is 4.09. The predicted molar refractivity (Wildman–Crippen MR) is 90.5 cm³/mol. The van der Waals surface area contributed by atoms with E-state index in [2.05, 4.69) is 45.3 Å². The number of benzene rings is 2. The second kappa shape index (κ2) is 5.72. The number of aryl methyl sites for hydroxylation is 1. The first-order valence-corrected chi connectivity index (χ1v) is 7.67. The Bertz CT molecular complexity index is 885. The summed E-state index contributed by atoms with van der Waals surface area (Å²) >= 11 is 0. The van der Waals surface area contributed by atoms with Crippen molar-refractivity contribution >= 4 is 6.21 Å². The largest absolute Gasteiger partial charge is 0.284 e. The zero-order valence-electron chi connectivity index (χ0n) is 12.9. The molecule has 23 heavy (non-hydrogen) atoms. The van der Waals surface area contributed by atoms with E-state index in [9.17, 15) is 0 Å². The van der Waals surface area contributed by atoms with Gasteiger partial charge in [-0.15, -0.1) is 10.2 Å². The monoisotopic (exact) mass is 300 g/mol. The summed E-state index contributed by atoms with van der Waals surface area (Å²) in [4.78, 5) is 9.07. The van der Waals surface area contributed by atoms with Crippen LogP contribution in [0.25, 0.3) is 11.3 Å². The SMILES string of the molecule is Cc1cccc2c1Cc1nc(CN=Cc3ccccc3)nnc1-2. The Balaban J connectivity index is 1.56. The van der Waals surface area contributed by atoms with Gasteiger partial charge in [0.15, 0.2) is 5.82 Å². The number of fused-ring (bicyclic) bond motifs is 3. The summed E-state index contributed by atoms with van der Waals surface area (Å²) < 4.78 is 0. The van der Waals surface area contributed by atoms with Crippen LogP contribution in [0, 0.1) is 6.92 Å². The fourth-order valence-corrected chi connectivity index (χ4v) is 2.89. The summed E-state index contributed by atoms with van der Waals surface area (Å²) in [5.74, 6) is 0.668. The molecule has 4 rings (SSSR count). The molecule has 1 heterocycles. The van der Waals surface area contributed by atoms with Gasteiger partial charge in [0.1, 0.15) is 12.2 Å². The lowest BCUT2D eigenvalue weighted by molar-refractivity contribution is 0.819. The average molecular weight is 300 g/mol. The Morgan fingerprint density at radius 3 is 2.78 bits per heavy atom. The van der Waals surface area contributed by atoms with Crippen molar-refractivity contribution < 1.29 is 0 Å². The molecule has 0 bridgehead atoms. The summed E-state index contributed by atoms with van der Waals surface area (Å²) in [6.45, 7) is 2.58. The molecule has 1 aliphatic rings. The molecule has 0 saturated heterocycles. The molecule has 1 aromatic heterocycles. The highest BCUT2D eigenvalue weighted by atomic mass is 15.2. The highest BCUT2D eigenvalue weighted by molar-refractivity contribution is 5.79. The number of hydrogen-bond acceptors (Lipinski definition) is 4. The standard InChI is InChI=1S/C19H16N4/c1-13-6-5-9-15-16(13)10-17-19(15)23-22-18(21-17)12-20-11-14-7-3-2-4-8-14/h2-9,11H,10,12H2,1H3. The Hall–Kier alpha value is -2.88. The van der Waals surface area contributed by atoms with Crippen molar-refractivity contribution in [3.8, 4) is 11.3 Å². The zero-order valence-corrected chi connectivity index (χ0v) is 12.9. The van der Waals surface area contributed by atoms with E-state index in [1.807, 2.05) is 36.5 Å². The Labute approximate surface area is 135 Å².